The molecule has 0 atom stereocenters. The van der Waals surface area contributed by atoms with Gasteiger partial charge in [-0.05, 0) is 6.07 Å². The van der Waals surface area contributed by atoms with Gasteiger partial charge in [0.05, 0.1) is 32.5 Å². The van der Waals surface area contributed by atoms with Crippen molar-refractivity contribution in [3.63, 3.8) is 0 Å². The maximum absolute atomic E-state index is 13.4. The minimum absolute atomic E-state index is 0.0319. The third-order valence-electron chi connectivity index (χ3n) is 2.43. The maximum atomic E-state index is 13.4. The fourth-order valence-corrected chi connectivity index (χ4v) is 1.45. The average molecular weight is 293 g/mol. The summed E-state index contributed by atoms with van der Waals surface area (Å²) < 4.78 is 23.2. The van der Waals surface area contributed by atoms with E-state index in [9.17, 15) is 9.18 Å². The van der Waals surface area contributed by atoms with Gasteiger partial charge in [-0.3, -0.25) is 9.78 Å². The summed E-state index contributed by atoms with van der Waals surface area (Å²) in [7, 11) is 2.78. The largest absolute Gasteiger partial charge is 0.467 e. The summed E-state index contributed by atoms with van der Waals surface area (Å²) >= 11 is 0. The van der Waals surface area contributed by atoms with Gasteiger partial charge in [0.1, 0.15) is 0 Å². The Hall–Kier alpha value is -2.84. The number of halogens is 1. The van der Waals surface area contributed by atoms with Crippen LogP contribution in [0.5, 0.6) is 12.0 Å². The number of hydrogen-bond donors (Lipinski definition) is 1. The molecule has 110 valence electrons. The predicted molar refractivity (Wildman–Crippen MR) is 68.3 cm³/mol. The summed E-state index contributed by atoms with van der Waals surface area (Å²) in [6.07, 6.45) is 2.29. The number of pyridine rings is 1. The number of carbonyl (C=O) groups excluding carboxylic acids is 1. The first-order valence-electron chi connectivity index (χ1n) is 5.84. The van der Waals surface area contributed by atoms with E-state index < -0.39 is 11.7 Å². The molecule has 0 aliphatic heterocycles. The second-order valence-electron chi connectivity index (χ2n) is 3.76. The van der Waals surface area contributed by atoms with Gasteiger partial charge in [-0.1, -0.05) is 0 Å². The first-order valence-corrected chi connectivity index (χ1v) is 5.84. The molecule has 0 aliphatic carbocycles. The minimum atomic E-state index is -0.708. The number of nitrogens with zero attached hydrogens (tertiary/aromatic N) is 4. The molecule has 0 aromatic carbocycles. The molecule has 2 heterocycles. The predicted octanol–water partition coefficient (Wildman–Crippen LogP) is 0.353. The number of rotatable bonds is 5. The van der Waals surface area contributed by atoms with Crippen molar-refractivity contribution in [2.24, 2.45) is 0 Å². The molecular weight excluding hydrogens is 281 g/mol. The van der Waals surface area contributed by atoms with E-state index in [2.05, 4.69) is 25.3 Å². The molecule has 8 nitrogen and oxygen atoms in total. The Morgan fingerprint density at radius 3 is 2.48 bits per heavy atom. The van der Waals surface area contributed by atoms with Crippen LogP contribution in [0.2, 0.25) is 0 Å². The SMILES string of the molecule is COc1nc(CNC(=O)c2ccncc2F)nc(OC)n1. The molecule has 1 N–H and O–H groups in total. The Bertz CT molecular complexity index is 630. The lowest BCUT2D eigenvalue weighted by Gasteiger charge is -2.07. The van der Waals surface area contributed by atoms with Gasteiger partial charge in [0.2, 0.25) is 0 Å². The number of carbonyl (C=O) groups is 1. The van der Waals surface area contributed by atoms with Gasteiger partial charge in [-0.25, -0.2) is 4.39 Å². The highest BCUT2D eigenvalue weighted by Crippen LogP contribution is 2.09. The Kier molecular flexibility index (Phi) is 4.54. The highest BCUT2D eigenvalue weighted by Gasteiger charge is 2.13. The smallest absolute Gasteiger partial charge is 0.322 e. The van der Waals surface area contributed by atoms with Crippen LogP contribution in [-0.4, -0.2) is 40.1 Å². The van der Waals surface area contributed by atoms with Gasteiger partial charge in [-0.2, -0.15) is 9.97 Å². The van der Waals surface area contributed by atoms with Crippen molar-refractivity contribution in [3.8, 4) is 12.0 Å². The quantitative estimate of drug-likeness (QED) is 0.849. The van der Waals surface area contributed by atoms with Crippen LogP contribution in [-0.2, 0) is 6.54 Å². The van der Waals surface area contributed by atoms with E-state index in [1.54, 1.807) is 0 Å². The second kappa shape index (κ2) is 6.55. The van der Waals surface area contributed by atoms with Crippen molar-refractivity contribution in [3.05, 3.63) is 35.7 Å². The molecule has 2 rings (SSSR count). The Balaban J connectivity index is 2.09. The van der Waals surface area contributed by atoms with E-state index in [4.69, 9.17) is 9.47 Å². The summed E-state index contributed by atoms with van der Waals surface area (Å²) in [5, 5.41) is 2.49. The van der Waals surface area contributed by atoms with E-state index >= 15 is 0 Å². The van der Waals surface area contributed by atoms with E-state index in [0.29, 0.717) is 0 Å². The van der Waals surface area contributed by atoms with E-state index in [1.165, 1.54) is 26.5 Å². The second-order valence-corrected chi connectivity index (χ2v) is 3.76. The first-order chi connectivity index (χ1) is 10.1. The van der Waals surface area contributed by atoms with Crippen molar-refractivity contribution in [2.75, 3.05) is 14.2 Å². The number of methoxy groups -OCH3 is 2. The van der Waals surface area contributed by atoms with E-state index in [-0.39, 0.29) is 30.0 Å². The monoisotopic (exact) mass is 293 g/mol. The molecule has 0 saturated carbocycles. The molecule has 21 heavy (non-hydrogen) atoms. The van der Waals surface area contributed by atoms with Gasteiger partial charge >= 0.3 is 12.0 Å². The van der Waals surface area contributed by atoms with Crippen LogP contribution in [0, 0.1) is 5.82 Å². The molecule has 0 fully saturated rings. The molecule has 0 unspecified atom stereocenters. The molecule has 9 heteroatoms. The zero-order chi connectivity index (χ0) is 15.2. The highest BCUT2D eigenvalue weighted by atomic mass is 19.1. The Morgan fingerprint density at radius 2 is 1.90 bits per heavy atom. The van der Waals surface area contributed by atoms with Crippen LogP contribution >= 0.6 is 0 Å². The lowest BCUT2D eigenvalue weighted by Crippen LogP contribution is -2.25. The summed E-state index contributed by atoms with van der Waals surface area (Å²) in [6, 6.07) is 1.39. The van der Waals surface area contributed by atoms with Gasteiger partial charge in [0.15, 0.2) is 11.6 Å². The van der Waals surface area contributed by atoms with Crippen LogP contribution in [0.1, 0.15) is 16.2 Å². The average Bonchev–Trinajstić information content (AvgIpc) is 2.52. The van der Waals surface area contributed by atoms with Crippen molar-refractivity contribution < 1.29 is 18.7 Å². The summed E-state index contributed by atoms with van der Waals surface area (Å²) in [5.74, 6) is -1.09. The van der Waals surface area contributed by atoms with Gasteiger partial charge in [0, 0.05) is 6.20 Å². The third kappa shape index (κ3) is 3.59. The lowest BCUT2D eigenvalue weighted by atomic mass is 10.2. The Labute approximate surface area is 119 Å². The Morgan fingerprint density at radius 1 is 1.24 bits per heavy atom. The summed E-state index contributed by atoms with van der Waals surface area (Å²) in [5.41, 5.74) is -0.113. The summed E-state index contributed by atoms with van der Waals surface area (Å²) in [6.45, 7) is -0.0319. The molecule has 2 aromatic rings. The van der Waals surface area contributed by atoms with Crippen LogP contribution in [0.3, 0.4) is 0 Å². The molecule has 0 spiro atoms. The molecule has 0 aliphatic rings. The minimum Gasteiger partial charge on any atom is -0.467 e. The summed E-state index contributed by atoms with van der Waals surface area (Å²) in [4.78, 5) is 27.1. The normalized spacial score (nSPS) is 10.0. The van der Waals surface area contributed by atoms with Crippen molar-refractivity contribution in [1.29, 1.82) is 0 Å². The maximum Gasteiger partial charge on any atom is 0.322 e. The molecule has 0 radical (unpaired) electrons. The van der Waals surface area contributed by atoms with Gasteiger partial charge < -0.3 is 14.8 Å². The first kappa shape index (κ1) is 14.6. The number of aromatic nitrogens is 4. The van der Waals surface area contributed by atoms with Gasteiger partial charge in [0.25, 0.3) is 5.91 Å². The zero-order valence-corrected chi connectivity index (χ0v) is 11.3. The topological polar surface area (TPSA) is 99.1 Å². The fourth-order valence-electron chi connectivity index (χ4n) is 1.45. The highest BCUT2D eigenvalue weighted by molar-refractivity contribution is 5.94. The van der Waals surface area contributed by atoms with Crippen molar-refractivity contribution >= 4 is 5.91 Å². The number of ether oxygens (including phenoxy) is 2. The molecule has 2 aromatic heterocycles. The van der Waals surface area contributed by atoms with E-state index in [0.717, 1.165) is 6.20 Å². The number of nitrogens with one attached hydrogen (secondary N) is 1. The van der Waals surface area contributed by atoms with Crippen LogP contribution < -0.4 is 14.8 Å². The van der Waals surface area contributed by atoms with Crippen LogP contribution in [0.4, 0.5) is 4.39 Å². The molecular formula is C12H12FN5O3. The fraction of sp³-hybridized carbons (Fsp3) is 0.250. The zero-order valence-electron chi connectivity index (χ0n) is 11.3. The van der Waals surface area contributed by atoms with Crippen molar-refractivity contribution in [1.82, 2.24) is 25.3 Å². The number of hydrogen-bond acceptors (Lipinski definition) is 7. The molecule has 0 saturated heterocycles. The molecule has 1 amide bonds. The third-order valence-corrected chi connectivity index (χ3v) is 2.43. The lowest BCUT2D eigenvalue weighted by molar-refractivity contribution is 0.0945. The van der Waals surface area contributed by atoms with Crippen LogP contribution in [0.15, 0.2) is 18.5 Å². The molecule has 0 bridgehead atoms. The standard InChI is InChI=1S/C12H12FN5O3/c1-20-11-16-9(17-12(18-11)21-2)6-15-10(19)7-3-4-14-5-8(7)13/h3-5H,6H2,1-2H3,(H,15,19). The van der Waals surface area contributed by atoms with E-state index in [1.807, 2.05) is 0 Å². The van der Waals surface area contributed by atoms with Gasteiger partial charge in [-0.15, -0.1) is 4.98 Å². The number of amides is 1. The van der Waals surface area contributed by atoms with Crippen LogP contribution in [0.25, 0.3) is 0 Å². The van der Waals surface area contributed by atoms with Crippen molar-refractivity contribution in [2.45, 2.75) is 6.54 Å².